The molecule has 7 aromatic carbocycles. The Morgan fingerprint density at radius 2 is 0.564 bits per heavy atom. The summed E-state index contributed by atoms with van der Waals surface area (Å²) in [6.07, 6.45) is 30.9. The van der Waals surface area contributed by atoms with Gasteiger partial charge in [-0.2, -0.15) is 0 Å². The molecule has 0 radical (unpaired) electrons. The molecule has 420 valence electrons. The molecule has 0 aliphatic carbocycles. The van der Waals surface area contributed by atoms with Crippen LogP contribution in [0.15, 0.2) is 203 Å². The smallest absolute Gasteiger partial charge is 0.0654 e. The minimum absolute atomic E-state index is 0. The quantitative estimate of drug-likeness (QED) is 0.0249. The lowest BCUT2D eigenvalue weighted by Crippen LogP contribution is -3.62. The molecule has 0 spiro atoms. The highest BCUT2D eigenvalue weighted by Gasteiger charge is 2.28. The van der Waals surface area contributed by atoms with E-state index in [1.165, 1.54) is 174 Å². The summed E-state index contributed by atoms with van der Waals surface area (Å²) in [6.45, 7) is 18.2. The van der Waals surface area contributed by atoms with Gasteiger partial charge in [0.15, 0.2) is 29.0 Å². The summed E-state index contributed by atoms with van der Waals surface area (Å²) >= 11 is -0.165. The van der Waals surface area contributed by atoms with Crippen LogP contribution in [0.25, 0.3) is 0 Å². The van der Waals surface area contributed by atoms with Gasteiger partial charge in [0.05, 0.1) is 10.9 Å². The molecule has 78 heavy (non-hydrogen) atoms. The minimum Gasteiger partial charge on any atom is -0.0654 e. The van der Waals surface area contributed by atoms with Gasteiger partial charge in [-0.25, -0.2) is 0 Å². The Morgan fingerprint density at radius 3 is 0.859 bits per heavy atom. The maximum absolute atomic E-state index is 2.43. The molecular weight excluding hydrogens is 1300 g/mol. The maximum Gasteiger partial charge on any atom is 0.358 e. The predicted molar refractivity (Wildman–Crippen MR) is 333 cm³/mol. The largest absolute Gasteiger partial charge is 0.358 e. The Hall–Kier alpha value is -2.92. The molecule has 0 unspecified atom stereocenters. The fourth-order valence-electron chi connectivity index (χ4n) is 9.53. The number of aryl methyl sites for hydroxylation is 2. The molecule has 0 atom stereocenters. The lowest BCUT2D eigenvalue weighted by molar-refractivity contribution is -0.599. The molecule has 0 amide bonds. The zero-order valence-electron chi connectivity index (χ0n) is 49.6. The van der Waals surface area contributed by atoms with Crippen LogP contribution in [0.1, 0.15) is 206 Å². The van der Waals surface area contributed by atoms with Crippen LogP contribution in [0.5, 0.6) is 0 Å². The van der Waals surface area contributed by atoms with E-state index in [0.29, 0.717) is 0 Å². The summed E-state index contributed by atoms with van der Waals surface area (Å²) in [5.41, 5.74) is 6.57. The zero-order chi connectivity index (χ0) is 54.8. The number of hydrogen-bond acceptors (Lipinski definition) is 0. The molecular formula is C74H101I3S+4. The Bertz CT molecular complexity index is 2340. The Labute approximate surface area is 518 Å². The summed E-state index contributed by atoms with van der Waals surface area (Å²) in [6, 6.07) is 69.3. The first-order valence-corrected chi connectivity index (χ1v) is 35.6. The zero-order valence-corrected chi connectivity index (χ0v) is 57.2. The van der Waals surface area contributed by atoms with E-state index in [1.807, 2.05) is 0 Å². The van der Waals surface area contributed by atoms with Crippen LogP contribution >= 0.6 is 0 Å². The van der Waals surface area contributed by atoms with Crippen molar-refractivity contribution in [2.75, 3.05) is 0 Å². The van der Waals surface area contributed by atoms with Crippen molar-refractivity contribution in [3.63, 3.8) is 0 Å². The van der Waals surface area contributed by atoms with Gasteiger partial charge in [0.25, 0.3) is 0 Å². The Morgan fingerprint density at radius 1 is 0.295 bits per heavy atom. The van der Waals surface area contributed by atoms with Gasteiger partial charge in [-0.05, 0) is 120 Å². The lowest BCUT2D eigenvalue weighted by atomic mass is 9.87. The third-order valence-electron chi connectivity index (χ3n) is 14.3. The molecule has 4 heteroatoms. The van der Waals surface area contributed by atoms with Crippen LogP contribution in [0.4, 0.5) is 0 Å². The van der Waals surface area contributed by atoms with Crippen LogP contribution < -0.4 is 66.4 Å². The first-order chi connectivity index (χ1) is 37.5. The van der Waals surface area contributed by atoms with Gasteiger partial charge in [0, 0.05) is 11.1 Å². The molecule has 0 fully saturated rings. The van der Waals surface area contributed by atoms with Crippen LogP contribution in [-0.2, 0) is 34.6 Å². The van der Waals surface area contributed by atoms with E-state index in [-0.39, 0.29) is 88.1 Å². The number of benzene rings is 7. The first kappa shape index (κ1) is 67.6. The topological polar surface area (TPSA) is 0 Å². The molecule has 7 rings (SSSR count). The molecule has 0 N–H and O–H groups in total. The standard InChI is InChI=1S/C36H58I.C20H26I.C18H15S.H2I/c1-3-5-7-9-11-13-15-17-19-21-27-33-29-23-25-31-35(33)37-36-32-26-24-30-34(36)28-22-20-18-16-14-12-10-8-6-4-2;1-19(2,3)15-7-11-17(12-8-15)21-18-13-9-16(10-14-18)20(4,5)6;1-4-10-16(11-5-1)19(17-12-6-2-7-13-17)18-14-8-3-9-15-18;/h23-26,29-32H,3-22,27-28H2,1-2H3;7-14H,1-6H3;1-15H;1H2/q4*+1. The molecule has 0 heterocycles. The van der Waals surface area contributed by atoms with Gasteiger partial charge in [0.2, 0.25) is 24.0 Å². The van der Waals surface area contributed by atoms with Crippen LogP contribution in [0, 0.1) is 14.3 Å². The number of halogens is 3. The van der Waals surface area contributed by atoms with Crippen molar-refractivity contribution in [2.45, 2.75) is 222 Å². The van der Waals surface area contributed by atoms with Gasteiger partial charge in [0.1, 0.15) is 0 Å². The van der Waals surface area contributed by atoms with Gasteiger partial charge < -0.3 is 0 Å². The highest BCUT2D eigenvalue weighted by molar-refractivity contribution is 7.97. The third-order valence-corrected chi connectivity index (χ3v) is 22.5. The highest BCUT2D eigenvalue weighted by atomic mass is 127. The van der Waals surface area contributed by atoms with Gasteiger partial charge in [-0.15, -0.1) is 0 Å². The Balaban J connectivity index is 0.000000270. The summed E-state index contributed by atoms with van der Waals surface area (Å²) < 4.78 is 6.30. The average molecular weight is 1400 g/mol. The predicted octanol–water partition coefficient (Wildman–Crippen LogP) is 12.4. The van der Waals surface area contributed by atoms with Crippen LogP contribution in [0.2, 0.25) is 0 Å². The molecule has 0 saturated heterocycles. The van der Waals surface area contributed by atoms with E-state index in [0.717, 1.165) is 0 Å². The average Bonchev–Trinajstić information content (AvgIpc) is 3.44. The second-order valence-electron chi connectivity index (χ2n) is 23.0. The van der Waals surface area contributed by atoms with Crippen molar-refractivity contribution in [1.82, 2.24) is 0 Å². The minimum atomic E-state index is -0.0947. The van der Waals surface area contributed by atoms with E-state index >= 15 is 0 Å². The van der Waals surface area contributed by atoms with Gasteiger partial charge in [-0.1, -0.05) is 286 Å². The first-order valence-electron chi connectivity index (χ1n) is 30.0. The van der Waals surface area contributed by atoms with Crippen LogP contribution in [-0.4, -0.2) is 0 Å². The second kappa shape index (κ2) is 39.5. The summed E-state index contributed by atoms with van der Waals surface area (Å²) in [7, 11) is -0.0146. The number of hydrogen-bond donors (Lipinski definition) is 0. The van der Waals surface area contributed by atoms with E-state index in [2.05, 4.69) is 243 Å². The molecule has 7 aromatic rings. The lowest BCUT2D eigenvalue weighted by Gasteiger charge is -2.18. The van der Waals surface area contributed by atoms with Gasteiger partial charge >= 0.3 is 42.4 Å². The van der Waals surface area contributed by atoms with E-state index in [4.69, 9.17) is 0 Å². The molecule has 0 nitrogen and oxygen atoms in total. The van der Waals surface area contributed by atoms with Crippen molar-refractivity contribution in [2.24, 2.45) is 0 Å². The number of rotatable bonds is 29. The van der Waals surface area contributed by atoms with Crippen molar-refractivity contribution in [3.05, 3.63) is 225 Å². The van der Waals surface area contributed by atoms with Crippen molar-refractivity contribution >= 4 is 10.9 Å². The number of unbranched alkanes of at least 4 members (excludes halogenated alkanes) is 18. The van der Waals surface area contributed by atoms with Gasteiger partial charge in [-0.3, -0.25) is 0 Å². The molecule has 0 aliphatic rings. The van der Waals surface area contributed by atoms with Crippen molar-refractivity contribution in [1.29, 1.82) is 0 Å². The fourth-order valence-corrected chi connectivity index (χ4v) is 16.8. The highest BCUT2D eigenvalue weighted by Crippen LogP contribution is 2.31. The third kappa shape index (κ3) is 26.8. The normalized spacial score (nSPS) is 11.3. The SMILES string of the molecule is CC(C)(C)c1ccc([I+]c2ccc(C(C)(C)C)cc2)cc1.CCCCCCCCCCCCc1ccccc1[I+]c1ccccc1CCCCCCCCCCCC.[IH2+].c1ccc([S+](c2ccccc2)c2ccccc2)cc1. The van der Waals surface area contributed by atoms with E-state index in [9.17, 15) is 0 Å². The van der Waals surface area contributed by atoms with Crippen molar-refractivity contribution in [3.8, 4) is 0 Å². The van der Waals surface area contributed by atoms with Crippen LogP contribution in [0.3, 0.4) is 0 Å². The summed E-state index contributed by atoms with van der Waals surface area (Å²) in [5, 5.41) is 0. The maximum atomic E-state index is 2.43. The Kier molecular flexibility index (Phi) is 34.2. The molecule has 0 aromatic heterocycles. The van der Waals surface area contributed by atoms with E-state index in [1.54, 1.807) is 18.3 Å². The fraction of sp³-hybridized carbons (Fsp3) is 0.432. The van der Waals surface area contributed by atoms with E-state index < -0.39 is 0 Å². The molecule has 0 bridgehead atoms. The summed E-state index contributed by atoms with van der Waals surface area (Å²) in [4.78, 5) is 4.08. The van der Waals surface area contributed by atoms with Crippen molar-refractivity contribution < 1.29 is 66.4 Å². The monoisotopic (exact) mass is 1400 g/mol. The second-order valence-corrected chi connectivity index (χ2v) is 30.9. The molecule has 0 aliphatic heterocycles. The summed E-state index contributed by atoms with van der Waals surface area (Å²) in [5.74, 6) is 0. The molecule has 0 saturated carbocycles.